The van der Waals surface area contributed by atoms with E-state index in [1.807, 2.05) is 19.1 Å². The van der Waals surface area contributed by atoms with Gasteiger partial charge in [-0.3, -0.25) is 0 Å². The molecule has 100 valence electrons. The number of halogens is 4. The predicted molar refractivity (Wildman–Crippen MR) is 77.6 cm³/mol. The second-order valence-electron chi connectivity index (χ2n) is 4.24. The summed E-state index contributed by atoms with van der Waals surface area (Å²) in [5.41, 5.74) is 1.72. The van der Waals surface area contributed by atoms with Gasteiger partial charge in [0.1, 0.15) is 11.6 Å². The summed E-state index contributed by atoms with van der Waals surface area (Å²) in [5, 5.41) is -0.834. The van der Waals surface area contributed by atoms with Gasteiger partial charge < -0.3 is 0 Å². The SMILES string of the molecule is CCc1ccc(C(Cl)c2c(F)cc(Br)cc2F)cc1. The quantitative estimate of drug-likeness (QED) is 0.634. The molecule has 2 aromatic rings. The molecule has 0 amide bonds. The van der Waals surface area contributed by atoms with Crippen LogP contribution in [0.15, 0.2) is 40.9 Å². The standard InChI is InChI=1S/C15H12BrClF2/c1-2-9-3-5-10(6-4-9)15(17)14-12(18)7-11(16)8-13(14)19/h3-8,15H,2H2,1H3. The maximum absolute atomic E-state index is 13.8. The van der Waals surface area contributed by atoms with Gasteiger partial charge in [0.15, 0.2) is 0 Å². The molecule has 0 nitrogen and oxygen atoms in total. The second-order valence-corrected chi connectivity index (χ2v) is 5.59. The first kappa shape index (κ1) is 14.5. The fourth-order valence-corrected chi connectivity index (χ4v) is 2.64. The number of aryl methyl sites for hydroxylation is 1. The number of alkyl halides is 1. The Morgan fingerprint density at radius 1 is 1.11 bits per heavy atom. The molecule has 2 rings (SSSR count). The van der Waals surface area contributed by atoms with Crippen molar-refractivity contribution in [2.45, 2.75) is 18.7 Å². The van der Waals surface area contributed by atoms with E-state index in [2.05, 4.69) is 15.9 Å². The van der Waals surface area contributed by atoms with Crippen LogP contribution >= 0.6 is 27.5 Å². The lowest BCUT2D eigenvalue weighted by Crippen LogP contribution is -2.01. The molecule has 0 spiro atoms. The molecule has 2 aromatic carbocycles. The van der Waals surface area contributed by atoms with E-state index in [0.29, 0.717) is 10.0 Å². The van der Waals surface area contributed by atoms with Crippen LogP contribution in [0.5, 0.6) is 0 Å². The third-order valence-corrected chi connectivity index (χ3v) is 3.91. The molecule has 0 radical (unpaired) electrons. The van der Waals surface area contributed by atoms with Gasteiger partial charge in [-0.05, 0) is 29.7 Å². The van der Waals surface area contributed by atoms with Crippen LogP contribution in [0.1, 0.15) is 29.0 Å². The van der Waals surface area contributed by atoms with Crippen LogP contribution in [0.2, 0.25) is 0 Å². The first-order valence-electron chi connectivity index (χ1n) is 5.90. The molecule has 0 aliphatic heterocycles. The lowest BCUT2D eigenvalue weighted by molar-refractivity contribution is 0.557. The lowest BCUT2D eigenvalue weighted by atomic mass is 10.0. The molecule has 0 saturated carbocycles. The maximum atomic E-state index is 13.8. The molecule has 0 aliphatic rings. The Morgan fingerprint density at radius 2 is 1.63 bits per heavy atom. The highest BCUT2D eigenvalue weighted by molar-refractivity contribution is 9.10. The molecule has 0 bridgehead atoms. The van der Waals surface area contributed by atoms with E-state index >= 15 is 0 Å². The first-order valence-corrected chi connectivity index (χ1v) is 7.13. The van der Waals surface area contributed by atoms with Gasteiger partial charge in [-0.25, -0.2) is 8.78 Å². The largest absolute Gasteiger partial charge is 0.206 e. The van der Waals surface area contributed by atoms with Crippen LogP contribution in [0.4, 0.5) is 8.78 Å². The van der Waals surface area contributed by atoms with Gasteiger partial charge >= 0.3 is 0 Å². The van der Waals surface area contributed by atoms with Crippen LogP contribution in [0.25, 0.3) is 0 Å². The second kappa shape index (κ2) is 6.02. The minimum atomic E-state index is -0.834. The highest BCUT2D eigenvalue weighted by Crippen LogP contribution is 2.34. The Balaban J connectivity index is 2.40. The Kier molecular flexibility index (Phi) is 4.58. The molecule has 19 heavy (non-hydrogen) atoms. The molecule has 4 heteroatoms. The zero-order valence-electron chi connectivity index (χ0n) is 10.3. The fraction of sp³-hybridized carbons (Fsp3) is 0.200. The number of rotatable bonds is 3. The molecular weight excluding hydrogens is 334 g/mol. The van der Waals surface area contributed by atoms with Crippen molar-refractivity contribution in [2.75, 3.05) is 0 Å². The van der Waals surface area contributed by atoms with Crippen molar-refractivity contribution >= 4 is 27.5 Å². The summed E-state index contributed by atoms with van der Waals surface area (Å²) in [6.07, 6.45) is 0.911. The monoisotopic (exact) mass is 344 g/mol. The van der Waals surface area contributed by atoms with Gasteiger partial charge in [0, 0.05) is 10.0 Å². The summed E-state index contributed by atoms with van der Waals surface area (Å²) < 4.78 is 28.0. The summed E-state index contributed by atoms with van der Waals surface area (Å²) >= 11 is 9.24. The minimum absolute atomic E-state index is 0.117. The number of benzene rings is 2. The summed E-state index contributed by atoms with van der Waals surface area (Å²) in [6, 6.07) is 9.87. The third kappa shape index (κ3) is 3.15. The van der Waals surface area contributed by atoms with Crippen molar-refractivity contribution in [1.82, 2.24) is 0 Å². The molecule has 0 heterocycles. The zero-order chi connectivity index (χ0) is 14.0. The van der Waals surface area contributed by atoms with Crippen LogP contribution < -0.4 is 0 Å². The van der Waals surface area contributed by atoms with Crippen LogP contribution in [0.3, 0.4) is 0 Å². The van der Waals surface area contributed by atoms with Gasteiger partial charge in [-0.1, -0.05) is 47.1 Å². The molecule has 0 fully saturated rings. The number of hydrogen-bond donors (Lipinski definition) is 0. The van der Waals surface area contributed by atoms with Crippen molar-refractivity contribution in [3.63, 3.8) is 0 Å². The average Bonchev–Trinajstić information content (AvgIpc) is 2.37. The average molecular weight is 346 g/mol. The first-order chi connectivity index (χ1) is 9.02. The molecule has 1 unspecified atom stereocenters. The van der Waals surface area contributed by atoms with Gasteiger partial charge in [-0.2, -0.15) is 0 Å². The van der Waals surface area contributed by atoms with Gasteiger partial charge in [-0.15, -0.1) is 11.6 Å². The van der Waals surface area contributed by atoms with E-state index in [9.17, 15) is 8.78 Å². The fourth-order valence-electron chi connectivity index (χ4n) is 1.88. The number of hydrogen-bond acceptors (Lipinski definition) is 0. The summed E-state index contributed by atoms with van der Waals surface area (Å²) in [7, 11) is 0. The van der Waals surface area contributed by atoms with E-state index in [4.69, 9.17) is 11.6 Å². The van der Waals surface area contributed by atoms with Crippen molar-refractivity contribution in [2.24, 2.45) is 0 Å². The normalized spacial score (nSPS) is 12.5. The Hall–Kier alpha value is -0.930. The highest BCUT2D eigenvalue weighted by atomic mass is 79.9. The van der Waals surface area contributed by atoms with Crippen LogP contribution in [-0.4, -0.2) is 0 Å². The topological polar surface area (TPSA) is 0 Å². The van der Waals surface area contributed by atoms with Gasteiger partial charge in [0.2, 0.25) is 0 Å². The van der Waals surface area contributed by atoms with Crippen molar-refractivity contribution < 1.29 is 8.78 Å². The van der Waals surface area contributed by atoms with Gasteiger partial charge in [0.05, 0.1) is 5.38 Å². The Labute approximate surface area is 124 Å². The third-order valence-electron chi connectivity index (χ3n) is 2.98. The zero-order valence-corrected chi connectivity index (χ0v) is 12.6. The van der Waals surface area contributed by atoms with E-state index in [1.54, 1.807) is 12.1 Å². The van der Waals surface area contributed by atoms with E-state index in [-0.39, 0.29) is 5.56 Å². The summed E-state index contributed by atoms with van der Waals surface area (Å²) in [6.45, 7) is 2.04. The molecule has 0 aromatic heterocycles. The molecule has 0 saturated heterocycles. The minimum Gasteiger partial charge on any atom is -0.206 e. The maximum Gasteiger partial charge on any atom is 0.132 e. The highest BCUT2D eigenvalue weighted by Gasteiger charge is 2.20. The van der Waals surface area contributed by atoms with Crippen LogP contribution in [-0.2, 0) is 6.42 Å². The Bertz CT molecular complexity index is 558. The molecule has 0 N–H and O–H groups in total. The lowest BCUT2D eigenvalue weighted by Gasteiger charge is -2.13. The Morgan fingerprint density at radius 3 is 2.11 bits per heavy atom. The van der Waals surface area contributed by atoms with Gasteiger partial charge in [0.25, 0.3) is 0 Å². The predicted octanol–water partition coefficient (Wildman–Crippen LogP) is 5.62. The summed E-state index contributed by atoms with van der Waals surface area (Å²) in [4.78, 5) is 0. The van der Waals surface area contributed by atoms with E-state index in [1.165, 1.54) is 12.1 Å². The van der Waals surface area contributed by atoms with Crippen molar-refractivity contribution in [1.29, 1.82) is 0 Å². The summed E-state index contributed by atoms with van der Waals surface area (Å²) in [5.74, 6) is -1.29. The van der Waals surface area contributed by atoms with E-state index < -0.39 is 17.0 Å². The van der Waals surface area contributed by atoms with E-state index in [0.717, 1.165) is 12.0 Å². The van der Waals surface area contributed by atoms with Crippen LogP contribution in [0, 0.1) is 11.6 Å². The van der Waals surface area contributed by atoms with Crippen molar-refractivity contribution in [3.05, 3.63) is 69.2 Å². The smallest absolute Gasteiger partial charge is 0.132 e. The molecule has 0 aliphatic carbocycles. The molecule has 1 atom stereocenters. The molecular formula is C15H12BrClF2. The van der Waals surface area contributed by atoms with Crippen molar-refractivity contribution in [3.8, 4) is 0 Å².